The largest absolute Gasteiger partial charge is 0.372 e. The molecular weight excluding hydrogens is 234 g/mol. The number of aryl methyl sites for hydroxylation is 1. The number of ether oxygens (including phenoxy) is 1. The zero-order valence-electron chi connectivity index (χ0n) is 9.69. The van der Waals surface area contributed by atoms with Gasteiger partial charge in [-0.2, -0.15) is 0 Å². The van der Waals surface area contributed by atoms with Crippen LogP contribution in [0.4, 0.5) is 0 Å². The van der Waals surface area contributed by atoms with Crippen LogP contribution in [-0.4, -0.2) is 4.98 Å². The van der Waals surface area contributed by atoms with Gasteiger partial charge in [0.2, 0.25) is 0 Å². The maximum absolute atomic E-state index is 5.88. The molecule has 2 aromatic rings. The Morgan fingerprint density at radius 3 is 2.47 bits per heavy atom. The van der Waals surface area contributed by atoms with Crippen molar-refractivity contribution in [3.05, 3.63) is 64.4 Å². The maximum atomic E-state index is 5.88. The zero-order chi connectivity index (χ0) is 12.1. The molecule has 0 aliphatic rings. The number of nitrogens with zero attached hydrogens (tertiary/aromatic N) is 1. The average molecular weight is 248 g/mol. The van der Waals surface area contributed by atoms with Crippen LogP contribution in [0, 0.1) is 6.92 Å². The van der Waals surface area contributed by atoms with E-state index < -0.39 is 0 Å². The van der Waals surface area contributed by atoms with E-state index in [4.69, 9.17) is 16.3 Å². The summed E-state index contributed by atoms with van der Waals surface area (Å²) in [6.45, 7) is 3.09. The lowest BCUT2D eigenvalue weighted by atomic mass is 10.2. The molecule has 1 aromatic carbocycles. The van der Waals surface area contributed by atoms with Gasteiger partial charge < -0.3 is 4.74 Å². The summed E-state index contributed by atoms with van der Waals surface area (Å²) in [4.78, 5) is 4.11. The summed E-state index contributed by atoms with van der Waals surface area (Å²) in [5.74, 6) is 0. The van der Waals surface area contributed by atoms with Crippen LogP contribution < -0.4 is 0 Å². The molecule has 0 unspecified atom stereocenters. The fourth-order valence-corrected chi connectivity index (χ4v) is 1.91. The van der Waals surface area contributed by atoms with Gasteiger partial charge in [-0.05, 0) is 30.2 Å². The van der Waals surface area contributed by atoms with Gasteiger partial charge in [-0.3, -0.25) is 0 Å². The molecule has 0 bridgehead atoms. The fourth-order valence-electron chi connectivity index (χ4n) is 1.64. The molecule has 2 nitrogen and oxygen atoms in total. The fraction of sp³-hybridized carbons (Fsp3) is 0.214. The van der Waals surface area contributed by atoms with E-state index in [0.29, 0.717) is 18.4 Å². The molecule has 1 aromatic heterocycles. The first kappa shape index (κ1) is 12.1. The van der Waals surface area contributed by atoms with Crippen molar-refractivity contribution in [2.24, 2.45) is 0 Å². The smallest absolute Gasteiger partial charge is 0.129 e. The van der Waals surface area contributed by atoms with Gasteiger partial charge in [-0.1, -0.05) is 41.9 Å². The first-order chi connectivity index (χ1) is 8.24. The molecule has 0 saturated carbocycles. The second-order valence-corrected chi connectivity index (χ2v) is 4.31. The molecule has 0 aliphatic heterocycles. The predicted molar refractivity (Wildman–Crippen MR) is 68.9 cm³/mol. The van der Waals surface area contributed by atoms with Crippen molar-refractivity contribution in [1.29, 1.82) is 0 Å². The number of rotatable bonds is 4. The number of pyridine rings is 1. The van der Waals surface area contributed by atoms with Gasteiger partial charge >= 0.3 is 0 Å². The highest BCUT2D eigenvalue weighted by molar-refractivity contribution is 6.29. The van der Waals surface area contributed by atoms with Crippen molar-refractivity contribution >= 4 is 11.6 Å². The Hall–Kier alpha value is -1.38. The van der Waals surface area contributed by atoms with E-state index in [2.05, 4.69) is 4.98 Å². The lowest BCUT2D eigenvalue weighted by Gasteiger charge is -2.05. The molecule has 3 heteroatoms. The predicted octanol–water partition coefficient (Wildman–Crippen LogP) is 3.76. The van der Waals surface area contributed by atoms with E-state index in [1.165, 1.54) is 5.56 Å². The minimum Gasteiger partial charge on any atom is -0.372 e. The van der Waals surface area contributed by atoms with E-state index in [0.717, 1.165) is 11.3 Å². The van der Waals surface area contributed by atoms with Crippen molar-refractivity contribution in [2.75, 3.05) is 0 Å². The highest BCUT2D eigenvalue weighted by Crippen LogP contribution is 2.12. The summed E-state index contributed by atoms with van der Waals surface area (Å²) in [5, 5.41) is 0.517. The standard InChI is InChI=1S/C14H14ClNO/c1-11-7-13(8-14(15)16-11)10-17-9-12-5-3-2-4-6-12/h2-8H,9-10H2,1H3. The van der Waals surface area contributed by atoms with Gasteiger partial charge in [0, 0.05) is 5.69 Å². The van der Waals surface area contributed by atoms with E-state index in [1.807, 2.05) is 49.4 Å². The normalized spacial score (nSPS) is 10.5. The van der Waals surface area contributed by atoms with Crippen LogP contribution in [0.25, 0.3) is 0 Å². The van der Waals surface area contributed by atoms with Gasteiger partial charge in [0.25, 0.3) is 0 Å². The van der Waals surface area contributed by atoms with Crippen LogP contribution >= 0.6 is 11.6 Å². The van der Waals surface area contributed by atoms with Crippen LogP contribution in [0.2, 0.25) is 5.15 Å². The van der Waals surface area contributed by atoms with Gasteiger partial charge in [0.15, 0.2) is 0 Å². The summed E-state index contributed by atoms with van der Waals surface area (Å²) < 4.78 is 5.63. The molecule has 0 amide bonds. The van der Waals surface area contributed by atoms with E-state index in [-0.39, 0.29) is 0 Å². The topological polar surface area (TPSA) is 22.1 Å². The second kappa shape index (κ2) is 5.80. The number of halogens is 1. The zero-order valence-corrected chi connectivity index (χ0v) is 10.4. The average Bonchev–Trinajstić information content (AvgIpc) is 2.29. The van der Waals surface area contributed by atoms with Crippen molar-refractivity contribution in [1.82, 2.24) is 4.98 Å². The molecule has 0 atom stereocenters. The van der Waals surface area contributed by atoms with Crippen LogP contribution in [0.1, 0.15) is 16.8 Å². The summed E-state index contributed by atoms with van der Waals surface area (Å²) in [6.07, 6.45) is 0. The third-order valence-electron chi connectivity index (χ3n) is 2.36. The molecular formula is C14H14ClNO. The van der Waals surface area contributed by atoms with Gasteiger partial charge in [0.1, 0.15) is 5.15 Å². The number of hydrogen-bond acceptors (Lipinski definition) is 2. The Morgan fingerprint density at radius 1 is 1.06 bits per heavy atom. The SMILES string of the molecule is Cc1cc(COCc2ccccc2)cc(Cl)n1. The first-order valence-corrected chi connectivity index (χ1v) is 5.86. The number of benzene rings is 1. The minimum absolute atomic E-state index is 0.517. The summed E-state index contributed by atoms with van der Waals surface area (Å²) in [6, 6.07) is 13.9. The maximum Gasteiger partial charge on any atom is 0.129 e. The molecule has 0 spiro atoms. The second-order valence-electron chi connectivity index (χ2n) is 3.92. The van der Waals surface area contributed by atoms with E-state index in [1.54, 1.807) is 0 Å². The Labute approximate surface area is 106 Å². The molecule has 0 fully saturated rings. The Morgan fingerprint density at radius 2 is 1.76 bits per heavy atom. The lowest BCUT2D eigenvalue weighted by molar-refractivity contribution is 0.107. The van der Waals surface area contributed by atoms with Crippen molar-refractivity contribution in [3.63, 3.8) is 0 Å². The van der Waals surface area contributed by atoms with E-state index >= 15 is 0 Å². The Bertz CT molecular complexity index is 465. The molecule has 0 saturated heterocycles. The lowest BCUT2D eigenvalue weighted by Crippen LogP contribution is -1.95. The molecule has 2 rings (SSSR count). The Kier molecular flexibility index (Phi) is 4.13. The monoisotopic (exact) mass is 247 g/mol. The minimum atomic E-state index is 0.517. The Balaban J connectivity index is 1.90. The van der Waals surface area contributed by atoms with E-state index in [9.17, 15) is 0 Å². The summed E-state index contributed by atoms with van der Waals surface area (Å²) in [5.41, 5.74) is 3.14. The molecule has 0 radical (unpaired) electrons. The van der Waals surface area contributed by atoms with Crippen molar-refractivity contribution in [2.45, 2.75) is 20.1 Å². The number of hydrogen-bond donors (Lipinski definition) is 0. The third kappa shape index (κ3) is 3.84. The summed E-state index contributed by atoms with van der Waals surface area (Å²) >= 11 is 5.88. The van der Waals surface area contributed by atoms with Gasteiger partial charge in [0.05, 0.1) is 13.2 Å². The molecule has 88 valence electrons. The summed E-state index contributed by atoms with van der Waals surface area (Å²) in [7, 11) is 0. The van der Waals surface area contributed by atoms with Crippen LogP contribution in [0.3, 0.4) is 0 Å². The molecule has 0 aliphatic carbocycles. The van der Waals surface area contributed by atoms with Gasteiger partial charge in [-0.25, -0.2) is 4.98 Å². The molecule has 1 heterocycles. The van der Waals surface area contributed by atoms with Crippen LogP contribution in [0.15, 0.2) is 42.5 Å². The third-order valence-corrected chi connectivity index (χ3v) is 2.56. The molecule has 0 N–H and O–H groups in total. The van der Waals surface area contributed by atoms with Gasteiger partial charge in [-0.15, -0.1) is 0 Å². The highest BCUT2D eigenvalue weighted by Gasteiger charge is 1.99. The quantitative estimate of drug-likeness (QED) is 0.768. The van der Waals surface area contributed by atoms with Crippen molar-refractivity contribution in [3.8, 4) is 0 Å². The van der Waals surface area contributed by atoms with Crippen LogP contribution in [0.5, 0.6) is 0 Å². The van der Waals surface area contributed by atoms with Crippen molar-refractivity contribution < 1.29 is 4.74 Å². The van der Waals surface area contributed by atoms with Crippen LogP contribution in [-0.2, 0) is 18.0 Å². The first-order valence-electron chi connectivity index (χ1n) is 5.49. The molecule has 17 heavy (non-hydrogen) atoms. The number of aromatic nitrogens is 1. The highest BCUT2D eigenvalue weighted by atomic mass is 35.5.